The quantitative estimate of drug-likeness (QED) is 0.807. The highest BCUT2D eigenvalue weighted by Crippen LogP contribution is 2.18. The third-order valence-electron chi connectivity index (χ3n) is 5.36. The standard InChI is InChI=1S/C19H23FN6O2.ClH/c20-15-3-1-14(2-4-15)18(27)24-9-11-25(12-10-24)19(28)17-13-26(23-22-17)16-5-7-21-8-6-16;/h1-4,13,16,21H,5-12H2;1H. The molecule has 2 aliphatic rings. The Hall–Kier alpha value is -2.52. The van der Waals surface area contributed by atoms with Gasteiger partial charge >= 0.3 is 0 Å². The zero-order valence-electron chi connectivity index (χ0n) is 16.0. The smallest absolute Gasteiger partial charge is 0.276 e. The molecule has 3 heterocycles. The molecule has 2 amide bonds. The number of carbonyl (C=O) groups excluding carboxylic acids is 2. The molecule has 0 aliphatic carbocycles. The molecule has 1 N–H and O–H groups in total. The molecule has 156 valence electrons. The van der Waals surface area contributed by atoms with E-state index in [2.05, 4.69) is 15.6 Å². The summed E-state index contributed by atoms with van der Waals surface area (Å²) in [6.07, 6.45) is 3.68. The maximum Gasteiger partial charge on any atom is 0.276 e. The Morgan fingerprint density at radius 3 is 2.17 bits per heavy atom. The highest BCUT2D eigenvalue weighted by Gasteiger charge is 2.27. The van der Waals surface area contributed by atoms with E-state index < -0.39 is 0 Å². The SMILES string of the molecule is Cl.O=C(c1ccc(F)cc1)N1CCN(C(=O)c2cn(C3CCNCC3)nn2)CC1. The number of nitrogens with one attached hydrogen (secondary N) is 1. The maximum absolute atomic E-state index is 13.0. The summed E-state index contributed by atoms with van der Waals surface area (Å²) in [5.74, 6) is -0.678. The lowest BCUT2D eigenvalue weighted by molar-refractivity contribution is 0.0532. The summed E-state index contributed by atoms with van der Waals surface area (Å²) in [6, 6.07) is 5.79. The highest BCUT2D eigenvalue weighted by molar-refractivity contribution is 5.95. The fourth-order valence-electron chi connectivity index (χ4n) is 3.67. The molecule has 4 rings (SSSR count). The van der Waals surface area contributed by atoms with Gasteiger partial charge in [0.1, 0.15) is 5.82 Å². The molecule has 2 fully saturated rings. The van der Waals surface area contributed by atoms with E-state index in [4.69, 9.17) is 0 Å². The van der Waals surface area contributed by atoms with Crippen LogP contribution in [0.15, 0.2) is 30.5 Å². The van der Waals surface area contributed by atoms with Crippen LogP contribution < -0.4 is 5.32 Å². The number of nitrogens with zero attached hydrogens (tertiary/aromatic N) is 5. The van der Waals surface area contributed by atoms with Crippen LogP contribution in [-0.2, 0) is 0 Å². The van der Waals surface area contributed by atoms with Crippen LogP contribution in [0.3, 0.4) is 0 Å². The van der Waals surface area contributed by atoms with Crippen LogP contribution in [0.25, 0.3) is 0 Å². The molecule has 1 aromatic carbocycles. The summed E-state index contributed by atoms with van der Waals surface area (Å²) in [7, 11) is 0. The zero-order chi connectivity index (χ0) is 19.5. The van der Waals surface area contributed by atoms with Crippen molar-refractivity contribution in [1.82, 2.24) is 30.1 Å². The first kappa shape index (κ1) is 21.2. The van der Waals surface area contributed by atoms with Crippen molar-refractivity contribution < 1.29 is 14.0 Å². The minimum atomic E-state index is -0.371. The molecule has 0 spiro atoms. The Morgan fingerprint density at radius 1 is 0.966 bits per heavy atom. The van der Waals surface area contributed by atoms with Gasteiger partial charge in [-0.25, -0.2) is 9.07 Å². The van der Waals surface area contributed by atoms with E-state index in [1.54, 1.807) is 20.7 Å². The van der Waals surface area contributed by atoms with Gasteiger partial charge in [0.2, 0.25) is 0 Å². The monoisotopic (exact) mass is 422 g/mol. The van der Waals surface area contributed by atoms with Gasteiger partial charge in [-0.15, -0.1) is 17.5 Å². The fraction of sp³-hybridized carbons (Fsp3) is 0.474. The maximum atomic E-state index is 13.0. The second kappa shape index (κ2) is 9.32. The Bertz CT molecular complexity index is 845. The summed E-state index contributed by atoms with van der Waals surface area (Å²) in [5, 5.41) is 11.5. The van der Waals surface area contributed by atoms with Gasteiger partial charge in [0.15, 0.2) is 5.69 Å². The predicted molar refractivity (Wildman–Crippen MR) is 107 cm³/mol. The molecule has 0 radical (unpaired) electrons. The highest BCUT2D eigenvalue weighted by atomic mass is 35.5. The van der Waals surface area contributed by atoms with Gasteiger partial charge in [-0.05, 0) is 50.2 Å². The summed E-state index contributed by atoms with van der Waals surface area (Å²) < 4.78 is 14.8. The number of piperazine rings is 1. The Morgan fingerprint density at radius 2 is 1.55 bits per heavy atom. The molecule has 29 heavy (non-hydrogen) atoms. The molecule has 0 saturated carbocycles. The van der Waals surface area contributed by atoms with Gasteiger partial charge in [0.25, 0.3) is 11.8 Å². The van der Waals surface area contributed by atoms with E-state index in [1.807, 2.05) is 0 Å². The lowest BCUT2D eigenvalue weighted by Crippen LogP contribution is -2.50. The van der Waals surface area contributed by atoms with Gasteiger partial charge in [-0.2, -0.15) is 0 Å². The lowest BCUT2D eigenvalue weighted by atomic mass is 10.1. The minimum absolute atomic E-state index is 0. The van der Waals surface area contributed by atoms with Crippen molar-refractivity contribution in [3.8, 4) is 0 Å². The summed E-state index contributed by atoms with van der Waals surface area (Å²) in [4.78, 5) is 28.6. The van der Waals surface area contributed by atoms with E-state index in [9.17, 15) is 14.0 Å². The first-order chi connectivity index (χ1) is 13.6. The average Bonchev–Trinajstić information content (AvgIpc) is 3.24. The summed E-state index contributed by atoms with van der Waals surface area (Å²) in [6.45, 7) is 3.63. The lowest BCUT2D eigenvalue weighted by Gasteiger charge is -2.34. The van der Waals surface area contributed by atoms with Crippen LogP contribution in [0.2, 0.25) is 0 Å². The van der Waals surface area contributed by atoms with Gasteiger partial charge in [0.05, 0.1) is 12.2 Å². The third kappa shape index (κ3) is 4.73. The number of amides is 2. The minimum Gasteiger partial charge on any atom is -0.335 e. The largest absolute Gasteiger partial charge is 0.335 e. The van der Waals surface area contributed by atoms with Crippen molar-refractivity contribution in [2.75, 3.05) is 39.3 Å². The molecule has 10 heteroatoms. The predicted octanol–water partition coefficient (Wildman–Crippen LogP) is 1.36. The second-order valence-corrected chi connectivity index (χ2v) is 7.16. The van der Waals surface area contributed by atoms with E-state index in [-0.39, 0.29) is 36.1 Å². The van der Waals surface area contributed by atoms with Crippen molar-refractivity contribution >= 4 is 24.2 Å². The van der Waals surface area contributed by atoms with Crippen LogP contribution in [0.4, 0.5) is 4.39 Å². The van der Waals surface area contributed by atoms with Gasteiger partial charge in [-0.1, -0.05) is 5.21 Å². The number of aromatic nitrogens is 3. The van der Waals surface area contributed by atoms with Crippen molar-refractivity contribution in [3.05, 3.63) is 47.5 Å². The van der Waals surface area contributed by atoms with Crippen LogP contribution >= 0.6 is 12.4 Å². The van der Waals surface area contributed by atoms with Crippen LogP contribution in [-0.4, -0.2) is 75.9 Å². The molecule has 0 atom stereocenters. The first-order valence-electron chi connectivity index (χ1n) is 9.58. The molecular formula is C19H24ClFN6O2. The number of halogens is 2. The van der Waals surface area contributed by atoms with Crippen LogP contribution in [0, 0.1) is 5.82 Å². The van der Waals surface area contributed by atoms with E-state index in [0.29, 0.717) is 37.4 Å². The molecule has 0 bridgehead atoms. The second-order valence-electron chi connectivity index (χ2n) is 7.16. The van der Waals surface area contributed by atoms with Crippen molar-refractivity contribution in [2.24, 2.45) is 0 Å². The van der Waals surface area contributed by atoms with E-state index in [0.717, 1.165) is 25.9 Å². The molecular weight excluding hydrogens is 399 g/mol. The van der Waals surface area contributed by atoms with E-state index >= 15 is 0 Å². The summed E-state index contributed by atoms with van der Waals surface area (Å²) >= 11 is 0. The van der Waals surface area contributed by atoms with Crippen LogP contribution in [0.5, 0.6) is 0 Å². The molecule has 1 aromatic heterocycles. The number of piperidine rings is 1. The van der Waals surface area contributed by atoms with Gasteiger partial charge < -0.3 is 15.1 Å². The van der Waals surface area contributed by atoms with E-state index in [1.165, 1.54) is 24.3 Å². The fourth-order valence-corrected chi connectivity index (χ4v) is 3.67. The van der Waals surface area contributed by atoms with Gasteiger partial charge in [-0.3, -0.25) is 9.59 Å². The summed E-state index contributed by atoms with van der Waals surface area (Å²) in [5.41, 5.74) is 0.794. The number of hydrogen-bond donors (Lipinski definition) is 1. The van der Waals surface area contributed by atoms with Gasteiger partial charge in [0, 0.05) is 31.7 Å². The molecule has 2 saturated heterocycles. The zero-order valence-corrected chi connectivity index (χ0v) is 16.8. The number of rotatable bonds is 3. The molecule has 2 aromatic rings. The van der Waals surface area contributed by atoms with Crippen molar-refractivity contribution in [1.29, 1.82) is 0 Å². The number of carbonyl (C=O) groups is 2. The normalized spacial score (nSPS) is 17.7. The Kier molecular flexibility index (Phi) is 6.81. The average molecular weight is 423 g/mol. The molecule has 8 nitrogen and oxygen atoms in total. The molecule has 2 aliphatic heterocycles. The Balaban J connectivity index is 0.00000240. The number of hydrogen-bond acceptors (Lipinski definition) is 5. The number of benzene rings is 1. The third-order valence-corrected chi connectivity index (χ3v) is 5.36. The van der Waals surface area contributed by atoms with Crippen molar-refractivity contribution in [2.45, 2.75) is 18.9 Å². The first-order valence-corrected chi connectivity index (χ1v) is 9.58. The topological polar surface area (TPSA) is 83.4 Å². The van der Waals surface area contributed by atoms with Crippen LogP contribution in [0.1, 0.15) is 39.7 Å². The molecule has 0 unspecified atom stereocenters. The Labute approximate surface area is 174 Å². The van der Waals surface area contributed by atoms with Crippen molar-refractivity contribution in [3.63, 3.8) is 0 Å².